The van der Waals surface area contributed by atoms with Crippen LogP contribution in [0.25, 0.3) is 111 Å². The van der Waals surface area contributed by atoms with Crippen molar-refractivity contribution in [2.24, 2.45) is 0 Å². The van der Waals surface area contributed by atoms with Crippen LogP contribution in [0.5, 0.6) is 0 Å². The van der Waals surface area contributed by atoms with E-state index in [2.05, 4.69) is 176 Å². The van der Waals surface area contributed by atoms with Crippen LogP contribution >= 0.6 is 0 Å². The molecule has 0 amide bonds. The summed E-state index contributed by atoms with van der Waals surface area (Å²) in [4.78, 5) is 15.9. The lowest BCUT2D eigenvalue weighted by atomic mass is 9.95. The Kier molecular flexibility index (Phi) is 8.45. The van der Waals surface area contributed by atoms with Crippen molar-refractivity contribution in [1.82, 2.24) is 15.0 Å². The summed E-state index contributed by atoms with van der Waals surface area (Å²) in [6.45, 7) is 0. The molecule has 0 aliphatic carbocycles. The van der Waals surface area contributed by atoms with E-state index >= 15 is 0 Å². The Labute approximate surface area is 341 Å². The molecule has 4 nitrogen and oxygen atoms in total. The van der Waals surface area contributed by atoms with Crippen LogP contribution in [0.2, 0.25) is 0 Å². The van der Waals surface area contributed by atoms with Crippen LogP contribution < -0.4 is 0 Å². The number of aromatic nitrogens is 3. The molecule has 0 aliphatic heterocycles. The molecule has 0 atom stereocenters. The van der Waals surface area contributed by atoms with Crippen LogP contribution in [0.4, 0.5) is 0 Å². The predicted octanol–water partition coefficient (Wildman–Crippen LogP) is 14.6. The van der Waals surface area contributed by atoms with Crippen LogP contribution in [-0.2, 0) is 0 Å². The minimum atomic E-state index is 0.571. The molecule has 2 heterocycles. The Hall–Kier alpha value is -7.95. The van der Waals surface area contributed by atoms with E-state index in [1.54, 1.807) is 0 Å². The molecule has 0 saturated carbocycles. The van der Waals surface area contributed by atoms with E-state index in [9.17, 15) is 0 Å². The maximum absolute atomic E-state index is 6.79. The molecule has 0 saturated heterocycles. The third-order valence-electron chi connectivity index (χ3n) is 11.1. The molecule has 276 valence electrons. The van der Waals surface area contributed by atoms with E-state index in [0.29, 0.717) is 17.5 Å². The Morgan fingerprint density at radius 2 is 0.695 bits per heavy atom. The summed E-state index contributed by atoms with van der Waals surface area (Å²) in [7, 11) is 0. The summed E-state index contributed by atoms with van der Waals surface area (Å²) >= 11 is 0. The fraction of sp³-hybridized carbons (Fsp3) is 0. The number of hydrogen-bond donors (Lipinski definition) is 0. The minimum Gasteiger partial charge on any atom is -0.456 e. The number of fused-ring (bicyclic) bond motifs is 4. The van der Waals surface area contributed by atoms with Gasteiger partial charge in [0.15, 0.2) is 17.5 Å². The summed E-state index contributed by atoms with van der Waals surface area (Å²) in [5.74, 6) is 1.76. The molecular formula is C55H35N3O. The van der Waals surface area contributed by atoms with Crippen LogP contribution in [0.3, 0.4) is 0 Å². The van der Waals surface area contributed by atoms with Crippen LogP contribution in [0.1, 0.15) is 0 Å². The number of furan rings is 1. The Morgan fingerprint density at radius 1 is 0.271 bits per heavy atom. The second kappa shape index (κ2) is 14.5. The Balaban J connectivity index is 1.19. The highest BCUT2D eigenvalue weighted by Gasteiger charge is 2.21. The summed E-state index contributed by atoms with van der Waals surface area (Å²) in [6.07, 6.45) is 0. The molecule has 0 bridgehead atoms. The van der Waals surface area contributed by atoms with Crippen molar-refractivity contribution < 1.29 is 4.42 Å². The SMILES string of the molecule is c1ccc(-c2cccc(-c3cc(-c4nc(-c5ccccc5)nc(-c5cc(-c6ccccc6)cc(-c6ccccc6)c5)n4)c4c(c3)oc3cc5ccccc5cc34)c2)cc1. The van der Waals surface area contributed by atoms with E-state index in [-0.39, 0.29) is 0 Å². The first-order chi connectivity index (χ1) is 29.2. The van der Waals surface area contributed by atoms with Gasteiger partial charge >= 0.3 is 0 Å². The zero-order valence-electron chi connectivity index (χ0n) is 32.0. The van der Waals surface area contributed by atoms with Gasteiger partial charge in [0.05, 0.1) is 0 Å². The standard InChI is InChI=1S/C55H35N3O/c1-5-16-36(17-6-1)40-26-15-27-41(28-40)46-33-49(52-48-32-42-24-13-14-25-43(42)34-50(48)59-51(52)35-46)55-57-53(39-22-11-4-12-23-39)56-54(58-55)47-30-44(37-18-7-2-8-19-37)29-45(31-47)38-20-9-3-10-21-38/h1-35H. The van der Waals surface area contributed by atoms with Gasteiger partial charge in [-0.15, -0.1) is 0 Å². The van der Waals surface area contributed by atoms with Gasteiger partial charge in [0, 0.05) is 27.5 Å². The lowest BCUT2D eigenvalue weighted by molar-refractivity contribution is 0.669. The van der Waals surface area contributed by atoms with Gasteiger partial charge in [-0.2, -0.15) is 0 Å². The first-order valence-corrected chi connectivity index (χ1v) is 19.8. The smallest absolute Gasteiger partial charge is 0.164 e. The molecule has 0 aliphatic rings. The van der Waals surface area contributed by atoms with Gasteiger partial charge in [-0.3, -0.25) is 0 Å². The normalized spacial score (nSPS) is 11.4. The van der Waals surface area contributed by atoms with Gasteiger partial charge in [0.1, 0.15) is 11.2 Å². The second-order valence-electron chi connectivity index (χ2n) is 14.8. The van der Waals surface area contributed by atoms with Gasteiger partial charge in [-0.1, -0.05) is 164 Å². The largest absolute Gasteiger partial charge is 0.456 e. The lowest BCUT2D eigenvalue weighted by Crippen LogP contribution is -2.01. The van der Waals surface area contributed by atoms with Crippen molar-refractivity contribution in [3.8, 4) is 78.7 Å². The Bertz CT molecular complexity index is 3250. The molecule has 2 aromatic heterocycles. The average molecular weight is 754 g/mol. The van der Waals surface area contributed by atoms with Crippen LogP contribution in [0, 0.1) is 0 Å². The zero-order chi connectivity index (χ0) is 39.1. The quantitative estimate of drug-likeness (QED) is 0.163. The Morgan fingerprint density at radius 3 is 1.31 bits per heavy atom. The van der Waals surface area contributed by atoms with E-state index in [0.717, 1.165) is 93.9 Å². The highest BCUT2D eigenvalue weighted by atomic mass is 16.3. The first-order valence-electron chi connectivity index (χ1n) is 19.8. The maximum Gasteiger partial charge on any atom is 0.164 e. The predicted molar refractivity (Wildman–Crippen MR) is 243 cm³/mol. The monoisotopic (exact) mass is 753 g/mol. The molecule has 0 fully saturated rings. The number of benzene rings is 9. The summed E-state index contributed by atoms with van der Waals surface area (Å²) in [5, 5.41) is 4.24. The van der Waals surface area contributed by atoms with E-state index < -0.39 is 0 Å². The topological polar surface area (TPSA) is 51.8 Å². The maximum atomic E-state index is 6.79. The number of rotatable bonds is 7. The molecule has 11 rings (SSSR count). The van der Waals surface area contributed by atoms with E-state index in [4.69, 9.17) is 19.4 Å². The van der Waals surface area contributed by atoms with Crippen molar-refractivity contribution >= 4 is 32.7 Å². The zero-order valence-corrected chi connectivity index (χ0v) is 32.0. The van der Waals surface area contributed by atoms with Gasteiger partial charge < -0.3 is 4.42 Å². The molecule has 0 N–H and O–H groups in total. The van der Waals surface area contributed by atoms with Crippen LogP contribution in [-0.4, -0.2) is 15.0 Å². The van der Waals surface area contributed by atoms with Gasteiger partial charge in [0.25, 0.3) is 0 Å². The highest BCUT2D eigenvalue weighted by molar-refractivity contribution is 6.16. The van der Waals surface area contributed by atoms with Gasteiger partial charge in [-0.05, 0) is 104 Å². The first kappa shape index (κ1) is 34.3. The third kappa shape index (κ3) is 6.53. The molecule has 59 heavy (non-hydrogen) atoms. The number of hydrogen-bond acceptors (Lipinski definition) is 4. The third-order valence-corrected chi connectivity index (χ3v) is 11.1. The fourth-order valence-electron chi connectivity index (χ4n) is 8.14. The van der Waals surface area contributed by atoms with Gasteiger partial charge in [-0.25, -0.2) is 15.0 Å². The minimum absolute atomic E-state index is 0.571. The van der Waals surface area contributed by atoms with Crippen LogP contribution in [0.15, 0.2) is 217 Å². The second-order valence-corrected chi connectivity index (χ2v) is 14.8. The van der Waals surface area contributed by atoms with Crippen molar-refractivity contribution in [3.05, 3.63) is 212 Å². The van der Waals surface area contributed by atoms with Crippen molar-refractivity contribution in [2.75, 3.05) is 0 Å². The molecule has 9 aromatic carbocycles. The molecule has 11 aromatic rings. The molecule has 4 heteroatoms. The summed E-state index contributed by atoms with van der Waals surface area (Å²) in [5.41, 5.74) is 13.1. The molecule has 0 radical (unpaired) electrons. The average Bonchev–Trinajstić information content (AvgIpc) is 3.68. The van der Waals surface area contributed by atoms with E-state index in [1.807, 2.05) is 36.4 Å². The fourth-order valence-corrected chi connectivity index (χ4v) is 8.14. The lowest BCUT2D eigenvalue weighted by Gasteiger charge is -2.13. The molecule has 0 spiro atoms. The van der Waals surface area contributed by atoms with Crippen molar-refractivity contribution in [2.45, 2.75) is 0 Å². The van der Waals surface area contributed by atoms with E-state index in [1.165, 1.54) is 0 Å². The molecular weight excluding hydrogens is 719 g/mol. The van der Waals surface area contributed by atoms with Gasteiger partial charge in [0.2, 0.25) is 0 Å². The summed E-state index contributed by atoms with van der Waals surface area (Å²) < 4.78 is 6.79. The summed E-state index contributed by atoms with van der Waals surface area (Å²) in [6, 6.07) is 74.1. The highest BCUT2D eigenvalue weighted by Crippen LogP contribution is 2.42. The molecule has 0 unspecified atom stereocenters. The van der Waals surface area contributed by atoms with Crippen molar-refractivity contribution in [3.63, 3.8) is 0 Å². The van der Waals surface area contributed by atoms with Crippen molar-refractivity contribution in [1.29, 1.82) is 0 Å². The number of nitrogens with zero attached hydrogens (tertiary/aromatic N) is 3.